The van der Waals surface area contributed by atoms with E-state index in [4.69, 9.17) is 10.4 Å². The lowest BCUT2D eigenvalue weighted by molar-refractivity contribution is 0.418. The summed E-state index contributed by atoms with van der Waals surface area (Å²) in [7, 11) is 2.03. The molecule has 3 heteroatoms. The topological polar surface area (TPSA) is 39.5 Å². The van der Waals surface area contributed by atoms with E-state index < -0.39 is 0 Å². The summed E-state index contributed by atoms with van der Waals surface area (Å²) in [6, 6.07) is 37.3. The van der Waals surface area contributed by atoms with E-state index in [0.29, 0.717) is 0 Å². The number of benzene rings is 4. The molecule has 0 saturated carbocycles. The van der Waals surface area contributed by atoms with Gasteiger partial charge in [0.1, 0.15) is 5.84 Å². The first-order valence-electron chi connectivity index (χ1n) is 11.2. The minimum absolute atomic E-state index is 0.254. The molecule has 0 bridgehead atoms. The minimum Gasteiger partial charge on any atom is -0.357 e. The average molecular weight is 432 g/mol. The van der Waals surface area contributed by atoms with E-state index in [2.05, 4.69) is 79.4 Å². The largest absolute Gasteiger partial charge is 0.357 e. The third-order valence-electron chi connectivity index (χ3n) is 5.84. The molecule has 0 aromatic heterocycles. The van der Waals surface area contributed by atoms with E-state index in [0.717, 1.165) is 33.7 Å². The summed E-state index contributed by atoms with van der Waals surface area (Å²) in [5.74, 6) is 1.05. The molecule has 4 rings (SSSR count). The molecule has 33 heavy (non-hydrogen) atoms. The first kappa shape index (κ1) is 22.2. The van der Waals surface area contributed by atoms with Crippen LogP contribution in [0.3, 0.4) is 0 Å². The fourth-order valence-corrected chi connectivity index (χ4v) is 3.66. The van der Waals surface area contributed by atoms with E-state index in [-0.39, 0.29) is 11.9 Å². The monoisotopic (exact) mass is 431 g/mol. The van der Waals surface area contributed by atoms with Gasteiger partial charge in [0, 0.05) is 24.2 Å². The van der Waals surface area contributed by atoms with E-state index in [1.54, 1.807) is 0 Å². The van der Waals surface area contributed by atoms with Gasteiger partial charge in [-0.15, -0.1) is 0 Å². The third-order valence-corrected chi connectivity index (χ3v) is 5.84. The van der Waals surface area contributed by atoms with Crippen LogP contribution >= 0.6 is 0 Å². The minimum atomic E-state index is 0.254. The van der Waals surface area contributed by atoms with E-state index >= 15 is 0 Å². The van der Waals surface area contributed by atoms with Crippen LogP contribution in [0.2, 0.25) is 0 Å². The second kappa shape index (κ2) is 10.1. The second-order valence-electron chi connectivity index (χ2n) is 8.38. The number of aliphatic imine (C=N–C) groups is 1. The molecule has 0 saturated heterocycles. The van der Waals surface area contributed by atoms with E-state index in [9.17, 15) is 0 Å². The Kier molecular flexibility index (Phi) is 6.80. The van der Waals surface area contributed by atoms with Crippen LogP contribution in [0.4, 0.5) is 0 Å². The van der Waals surface area contributed by atoms with E-state index in [1.807, 2.05) is 55.6 Å². The van der Waals surface area contributed by atoms with Gasteiger partial charge < -0.3 is 4.90 Å². The molecule has 0 radical (unpaired) electrons. The molecule has 0 unspecified atom stereocenters. The maximum absolute atomic E-state index is 8.68. The van der Waals surface area contributed by atoms with Crippen molar-refractivity contribution in [3.8, 4) is 22.3 Å². The molecule has 0 amide bonds. The third kappa shape index (κ3) is 5.27. The van der Waals surface area contributed by atoms with Gasteiger partial charge in [-0.3, -0.25) is 5.41 Å². The van der Waals surface area contributed by atoms with Crippen LogP contribution in [0.25, 0.3) is 22.3 Å². The Labute approximate surface area is 196 Å². The highest BCUT2D eigenvalue weighted by molar-refractivity contribution is 6.10. The van der Waals surface area contributed by atoms with Gasteiger partial charge >= 0.3 is 0 Å². The molecule has 0 aliphatic heterocycles. The standard InChI is InChI=1S/C30H29N3/c1-22(2)33(3)30(28-20-16-26(17-21-28)24-12-8-5-9-13-24)32-29(31)27-18-14-25(15-19-27)23-10-6-4-7-11-23/h4-22,31H,1-3H3/b31-29?,32-30-. The molecular weight excluding hydrogens is 402 g/mol. The van der Waals surface area contributed by atoms with Crippen LogP contribution < -0.4 is 0 Å². The predicted molar refractivity (Wildman–Crippen MR) is 140 cm³/mol. The maximum Gasteiger partial charge on any atom is 0.154 e. The molecule has 3 nitrogen and oxygen atoms in total. The molecule has 1 N–H and O–H groups in total. The average Bonchev–Trinajstić information content (AvgIpc) is 2.88. The molecule has 0 spiro atoms. The Morgan fingerprint density at radius 1 is 0.606 bits per heavy atom. The lowest BCUT2D eigenvalue weighted by atomic mass is 10.0. The molecule has 0 atom stereocenters. The Morgan fingerprint density at radius 3 is 1.42 bits per heavy atom. The smallest absolute Gasteiger partial charge is 0.154 e. The SMILES string of the molecule is CC(C)N(C)/C(=N\C(=N)c1ccc(-c2ccccc2)cc1)c1ccc(-c2ccccc2)cc1. The van der Waals surface area contributed by atoms with Crippen molar-refractivity contribution >= 4 is 11.7 Å². The highest BCUT2D eigenvalue weighted by Gasteiger charge is 2.15. The number of hydrogen-bond acceptors (Lipinski definition) is 1. The second-order valence-corrected chi connectivity index (χ2v) is 8.38. The van der Waals surface area contributed by atoms with Crippen molar-refractivity contribution < 1.29 is 0 Å². The van der Waals surface area contributed by atoms with Crippen LogP contribution in [0.15, 0.2) is 114 Å². The molecule has 4 aromatic carbocycles. The van der Waals surface area contributed by atoms with Crippen molar-refractivity contribution in [2.45, 2.75) is 19.9 Å². The molecule has 0 aliphatic carbocycles. The summed E-state index contributed by atoms with van der Waals surface area (Å²) in [6.45, 7) is 4.26. The number of amidine groups is 2. The Bertz CT molecular complexity index is 1220. The Morgan fingerprint density at radius 2 is 1.00 bits per heavy atom. The highest BCUT2D eigenvalue weighted by atomic mass is 15.2. The summed E-state index contributed by atoms with van der Waals surface area (Å²) >= 11 is 0. The van der Waals surface area contributed by atoms with Gasteiger partial charge in [0.05, 0.1) is 0 Å². The van der Waals surface area contributed by atoms with Crippen LogP contribution in [0, 0.1) is 5.41 Å². The van der Waals surface area contributed by atoms with Crippen molar-refractivity contribution in [1.29, 1.82) is 5.41 Å². The van der Waals surface area contributed by atoms with Crippen LogP contribution in [-0.2, 0) is 0 Å². The summed E-state index contributed by atoms with van der Waals surface area (Å²) < 4.78 is 0. The Hall–Kier alpha value is -3.98. The molecule has 0 aliphatic rings. The van der Waals surface area contributed by atoms with Crippen LogP contribution in [0.1, 0.15) is 25.0 Å². The van der Waals surface area contributed by atoms with Gasteiger partial charge in [0.2, 0.25) is 0 Å². The zero-order chi connectivity index (χ0) is 23.2. The quantitative estimate of drug-likeness (QED) is 0.265. The van der Waals surface area contributed by atoms with Gasteiger partial charge in [-0.2, -0.15) is 0 Å². The fourth-order valence-electron chi connectivity index (χ4n) is 3.66. The summed E-state index contributed by atoms with van der Waals surface area (Å²) in [6.07, 6.45) is 0. The van der Waals surface area contributed by atoms with Gasteiger partial charge in [-0.1, -0.05) is 109 Å². The van der Waals surface area contributed by atoms with Crippen molar-refractivity contribution in [3.63, 3.8) is 0 Å². The first-order chi connectivity index (χ1) is 16.0. The maximum atomic E-state index is 8.68. The molecular formula is C30H29N3. The van der Waals surface area contributed by atoms with Crippen LogP contribution in [0.5, 0.6) is 0 Å². The summed E-state index contributed by atoms with van der Waals surface area (Å²) in [5, 5.41) is 8.68. The predicted octanol–water partition coefficient (Wildman–Crippen LogP) is 7.13. The van der Waals surface area contributed by atoms with Crippen molar-refractivity contribution in [2.75, 3.05) is 7.05 Å². The lowest BCUT2D eigenvalue weighted by Gasteiger charge is -2.26. The van der Waals surface area contributed by atoms with Crippen molar-refractivity contribution in [3.05, 3.63) is 120 Å². The van der Waals surface area contributed by atoms with Gasteiger partial charge in [-0.05, 0) is 36.1 Å². The molecule has 164 valence electrons. The Balaban J connectivity index is 1.63. The summed E-state index contributed by atoms with van der Waals surface area (Å²) in [5.41, 5.74) is 6.44. The lowest BCUT2D eigenvalue weighted by Crippen LogP contribution is -2.34. The van der Waals surface area contributed by atoms with Crippen LogP contribution in [-0.4, -0.2) is 29.7 Å². The zero-order valence-electron chi connectivity index (χ0n) is 19.4. The highest BCUT2D eigenvalue weighted by Crippen LogP contribution is 2.22. The van der Waals surface area contributed by atoms with E-state index in [1.165, 1.54) is 5.56 Å². The molecule has 0 heterocycles. The van der Waals surface area contributed by atoms with Gasteiger partial charge in [0.15, 0.2) is 5.84 Å². The number of nitrogens with zero attached hydrogens (tertiary/aromatic N) is 2. The normalized spacial score (nSPS) is 11.5. The van der Waals surface area contributed by atoms with Crippen molar-refractivity contribution in [2.24, 2.45) is 4.99 Å². The number of hydrogen-bond donors (Lipinski definition) is 1. The van der Waals surface area contributed by atoms with Crippen molar-refractivity contribution in [1.82, 2.24) is 4.90 Å². The molecule has 0 fully saturated rings. The number of rotatable bonds is 5. The first-order valence-corrected chi connectivity index (χ1v) is 11.2. The summed E-state index contributed by atoms with van der Waals surface area (Å²) in [4.78, 5) is 6.88. The van der Waals surface area contributed by atoms with Gasteiger partial charge in [0.25, 0.3) is 0 Å². The number of nitrogens with one attached hydrogen (secondary N) is 1. The fraction of sp³-hybridized carbons (Fsp3) is 0.133. The zero-order valence-corrected chi connectivity index (χ0v) is 19.4. The van der Waals surface area contributed by atoms with Gasteiger partial charge in [-0.25, -0.2) is 4.99 Å². The molecule has 4 aromatic rings.